The largest absolute Gasteiger partial charge is 0.354 e. The Morgan fingerprint density at radius 2 is 2.19 bits per heavy atom. The van der Waals surface area contributed by atoms with Crippen LogP contribution in [0.3, 0.4) is 0 Å². The number of carbonyl (C=O) groups is 1. The number of halogens is 1. The van der Waals surface area contributed by atoms with Crippen LogP contribution in [0, 0.1) is 13.8 Å². The number of nitrogens with one attached hydrogen (secondary N) is 1. The lowest BCUT2D eigenvalue weighted by Gasteiger charge is -2.13. The molecule has 0 radical (unpaired) electrons. The summed E-state index contributed by atoms with van der Waals surface area (Å²) in [5.74, 6) is -0.0240. The van der Waals surface area contributed by atoms with Gasteiger partial charge in [0.25, 0.3) is 0 Å². The lowest BCUT2D eigenvalue weighted by atomic mass is 10.3. The van der Waals surface area contributed by atoms with Gasteiger partial charge in [0.05, 0.1) is 16.4 Å². The predicted octanol–water partition coefficient (Wildman–Crippen LogP) is 2.24. The van der Waals surface area contributed by atoms with Crippen LogP contribution >= 0.6 is 11.6 Å². The molecule has 4 nitrogen and oxygen atoms in total. The molecule has 1 amide bonds. The van der Waals surface area contributed by atoms with Gasteiger partial charge in [0, 0.05) is 6.54 Å². The first-order chi connectivity index (χ1) is 7.49. The Balaban J connectivity index is 2.83. The van der Waals surface area contributed by atoms with Crippen LogP contribution < -0.4 is 5.32 Å². The normalized spacial score (nSPS) is 12.6. The van der Waals surface area contributed by atoms with Crippen LogP contribution in [-0.2, 0) is 4.79 Å². The van der Waals surface area contributed by atoms with E-state index < -0.39 is 0 Å². The van der Waals surface area contributed by atoms with E-state index in [4.69, 9.17) is 11.6 Å². The first-order valence-electron chi connectivity index (χ1n) is 5.48. The van der Waals surface area contributed by atoms with E-state index in [2.05, 4.69) is 10.4 Å². The number of aromatic nitrogens is 2. The van der Waals surface area contributed by atoms with Crippen molar-refractivity contribution in [2.24, 2.45) is 0 Å². The van der Waals surface area contributed by atoms with Crippen molar-refractivity contribution in [3.05, 3.63) is 16.4 Å². The van der Waals surface area contributed by atoms with Crippen LogP contribution in [0.1, 0.15) is 37.7 Å². The van der Waals surface area contributed by atoms with E-state index >= 15 is 0 Å². The second-order valence-corrected chi connectivity index (χ2v) is 4.27. The highest BCUT2D eigenvalue weighted by Crippen LogP contribution is 2.21. The van der Waals surface area contributed by atoms with Crippen molar-refractivity contribution < 1.29 is 4.79 Å². The van der Waals surface area contributed by atoms with Gasteiger partial charge in [0.2, 0.25) is 5.91 Å². The van der Waals surface area contributed by atoms with E-state index in [9.17, 15) is 4.79 Å². The Bertz CT molecular complexity index is 387. The first-order valence-corrected chi connectivity index (χ1v) is 5.85. The van der Waals surface area contributed by atoms with Crippen molar-refractivity contribution in [1.82, 2.24) is 15.1 Å². The molecular weight excluding hydrogens is 226 g/mol. The average Bonchev–Trinajstić information content (AvgIpc) is 2.52. The Labute approximate surface area is 101 Å². The quantitative estimate of drug-likeness (QED) is 0.882. The molecule has 1 aromatic heterocycles. The molecule has 0 aliphatic heterocycles. The van der Waals surface area contributed by atoms with Gasteiger partial charge in [-0.3, -0.25) is 9.48 Å². The molecule has 0 fully saturated rings. The number of aryl methyl sites for hydroxylation is 1. The maximum atomic E-state index is 11.8. The fourth-order valence-corrected chi connectivity index (χ4v) is 1.65. The molecular formula is C11H18ClN3O. The Kier molecular flexibility index (Phi) is 4.35. The molecule has 1 N–H and O–H groups in total. The monoisotopic (exact) mass is 243 g/mol. The molecule has 0 aromatic carbocycles. The summed E-state index contributed by atoms with van der Waals surface area (Å²) in [6.45, 7) is 8.23. The van der Waals surface area contributed by atoms with Crippen molar-refractivity contribution in [2.45, 2.75) is 40.2 Å². The van der Waals surface area contributed by atoms with Crippen LogP contribution in [0.5, 0.6) is 0 Å². The van der Waals surface area contributed by atoms with Gasteiger partial charge in [-0.05, 0) is 27.2 Å². The van der Waals surface area contributed by atoms with E-state index in [0.29, 0.717) is 11.6 Å². The third-order valence-corrected chi connectivity index (χ3v) is 3.08. The zero-order valence-corrected chi connectivity index (χ0v) is 10.9. The highest BCUT2D eigenvalue weighted by atomic mass is 35.5. The number of hydrogen-bond acceptors (Lipinski definition) is 2. The second-order valence-electron chi connectivity index (χ2n) is 3.90. The van der Waals surface area contributed by atoms with Crippen molar-refractivity contribution in [3.8, 4) is 0 Å². The van der Waals surface area contributed by atoms with E-state index in [0.717, 1.165) is 17.8 Å². The number of amides is 1. The molecule has 1 aromatic rings. The second kappa shape index (κ2) is 5.34. The van der Waals surface area contributed by atoms with Crippen LogP contribution in [0.25, 0.3) is 0 Å². The first kappa shape index (κ1) is 13.0. The van der Waals surface area contributed by atoms with E-state index in [1.807, 2.05) is 27.7 Å². The lowest BCUT2D eigenvalue weighted by Crippen LogP contribution is -2.32. The summed E-state index contributed by atoms with van der Waals surface area (Å²) in [5, 5.41) is 7.74. The summed E-state index contributed by atoms with van der Waals surface area (Å²) in [6, 6.07) is -0.322. The smallest absolute Gasteiger partial charge is 0.244 e. The van der Waals surface area contributed by atoms with E-state index in [-0.39, 0.29) is 11.9 Å². The molecule has 0 aliphatic carbocycles. The van der Waals surface area contributed by atoms with Gasteiger partial charge >= 0.3 is 0 Å². The standard InChI is InChI=1S/C11H18ClN3O/c1-5-6-13-11(16)9(4)15-8(3)10(12)7(2)14-15/h9H,5-6H2,1-4H3,(H,13,16). The van der Waals surface area contributed by atoms with E-state index in [1.165, 1.54) is 0 Å². The molecule has 0 saturated carbocycles. The van der Waals surface area contributed by atoms with Crippen molar-refractivity contribution in [1.29, 1.82) is 0 Å². The number of hydrogen-bond donors (Lipinski definition) is 1. The molecule has 1 unspecified atom stereocenters. The minimum atomic E-state index is -0.322. The topological polar surface area (TPSA) is 46.9 Å². The molecule has 90 valence electrons. The molecule has 1 atom stereocenters. The minimum Gasteiger partial charge on any atom is -0.354 e. The van der Waals surface area contributed by atoms with Crippen molar-refractivity contribution in [3.63, 3.8) is 0 Å². The molecule has 5 heteroatoms. The van der Waals surface area contributed by atoms with Crippen LogP contribution in [-0.4, -0.2) is 22.2 Å². The maximum absolute atomic E-state index is 11.8. The molecule has 16 heavy (non-hydrogen) atoms. The summed E-state index contributed by atoms with van der Waals surface area (Å²) in [6.07, 6.45) is 0.927. The predicted molar refractivity (Wildman–Crippen MR) is 64.7 cm³/mol. The molecule has 0 saturated heterocycles. The van der Waals surface area contributed by atoms with Crippen molar-refractivity contribution >= 4 is 17.5 Å². The van der Waals surface area contributed by atoms with Crippen LogP contribution in [0.2, 0.25) is 5.02 Å². The summed E-state index contributed by atoms with van der Waals surface area (Å²) in [5.41, 5.74) is 1.59. The Hall–Kier alpha value is -1.03. The Morgan fingerprint density at radius 3 is 2.62 bits per heavy atom. The van der Waals surface area contributed by atoms with Crippen LogP contribution in [0.4, 0.5) is 0 Å². The van der Waals surface area contributed by atoms with E-state index in [1.54, 1.807) is 4.68 Å². The molecule has 0 bridgehead atoms. The number of carbonyl (C=O) groups excluding carboxylic acids is 1. The summed E-state index contributed by atoms with van der Waals surface area (Å²) >= 11 is 6.04. The SMILES string of the molecule is CCCNC(=O)C(C)n1nc(C)c(Cl)c1C. The fourth-order valence-electron chi connectivity index (χ4n) is 1.53. The third kappa shape index (κ3) is 2.55. The summed E-state index contributed by atoms with van der Waals surface area (Å²) in [4.78, 5) is 11.8. The van der Waals surface area contributed by atoms with Crippen LogP contribution in [0.15, 0.2) is 0 Å². The zero-order chi connectivity index (χ0) is 12.3. The van der Waals surface area contributed by atoms with Crippen molar-refractivity contribution in [2.75, 3.05) is 6.54 Å². The van der Waals surface area contributed by atoms with Gasteiger partial charge < -0.3 is 5.32 Å². The minimum absolute atomic E-state index is 0.0240. The summed E-state index contributed by atoms with van der Waals surface area (Å²) < 4.78 is 1.67. The van der Waals surface area contributed by atoms with Gasteiger partial charge in [0.15, 0.2) is 0 Å². The summed E-state index contributed by atoms with van der Waals surface area (Å²) in [7, 11) is 0. The zero-order valence-electron chi connectivity index (χ0n) is 10.2. The van der Waals surface area contributed by atoms with Gasteiger partial charge in [-0.2, -0.15) is 5.10 Å². The third-order valence-electron chi connectivity index (χ3n) is 2.53. The molecule has 0 spiro atoms. The highest BCUT2D eigenvalue weighted by molar-refractivity contribution is 6.31. The van der Waals surface area contributed by atoms with Gasteiger partial charge in [-0.1, -0.05) is 18.5 Å². The number of nitrogens with zero attached hydrogens (tertiary/aromatic N) is 2. The fraction of sp³-hybridized carbons (Fsp3) is 0.636. The molecule has 1 heterocycles. The number of rotatable bonds is 4. The molecule has 1 rings (SSSR count). The van der Waals surface area contributed by atoms with Gasteiger partial charge in [0.1, 0.15) is 6.04 Å². The Morgan fingerprint density at radius 1 is 1.56 bits per heavy atom. The molecule has 0 aliphatic rings. The van der Waals surface area contributed by atoms with Gasteiger partial charge in [-0.25, -0.2) is 0 Å². The average molecular weight is 244 g/mol. The maximum Gasteiger partial charge on any atom is 0.244 e. The highest BCUT2D eigenvalue weighted by Gasteiger charge is 2.19. The van der Waals surface area contributed by atoms with Gasteiger partial charge in [-0.15, -0.1) is 0 Å². The lowest BCUT2D eigenvalue weighted by molar-refractivity contribution is -0.124.